The Bertz CT molecular complexity index is 1200. The number of methoxy groups -OCH3 is 1. The topological polar surface area (TPSA) is 90.7 Å². The molecule has 0 spiro atoms. The summed E-state index contributed by atoms with van der Waals surface area (Å²) in [6.07, 6.45) is -0.596. The molecular formula is C25H20N2O5. The average Bonchev–Trinajstić information content (AvgIpc) is 3.14. The second-order valence-corrected chi connectivity index (χ2v) is 7.12. The van der Waals surface area contributed by atoms with Gasteiger partial charge in [-0.1, -0.05) is 60.4 Å². The summed E-state index contributed by atoms with van der Waals surface area (Å²) in [5.41, 5.74) is 4.66. The first-order chi connectivity index (χ1) is 15.6. The maximum Gasteiger partial charge on any atom is 0.407 e. The van der Waals surface area contributed by atoms with Gasteiger partial charge in [0.2, 0.25) is 0 Å². The van der Waals surface area contributed by atoms with E-state index in [-0.39, 0.29) is 30.3 Å². The van der Waals surface area contributed by atoms with Crippen LogP contribution in [0.3, 0.4) is 0 Å². The smallest absolute Gasteiger partial charge is 0.407 e. The molecule has 1 aliphatic carbocycles. The molecule has 0 saturated heterocycles. The third kappa shape index (κ3) is 4.25. The summed E-state index contributed by atoms with van der Waals surface area (Å²) in [6, 6.07) is 20.5. The van der Waals surface area contributed by atoms with Gasteiger partial charge in [-0.25, -0.2) is 4.79 Å². The Labute approximate surface area is 185 Å². The van der Waals surface area contributed by atoms with Crippen LogP contribution in [0.4, 0.5) is 10.5 Å². The van der Waals surface area contributed by atoms with Crippen LogP contribution >= 0.6 is 0 Å². The highest BCUT2D eigenvalue weighted by atomic mass is 16.6. The number of carbonyl (C=O) groups is 1. The molecule has 3 aromatic carbocycles. The molecule has 7 nitrogen and oxygen atoms in total. The summed E-state index contributed by atoms with van der Waals surface area (Å²) in [4.78, 5) is 22.8. The lowest BCUT2D eigenvalue weighted by atomic mass is 9.98. The van der Waals surface area contributed by atoms with Crippen molar-refractivity contribution >= 4 is 11.8 Å². The number of nitrogens with one attached hydrogen (secondary N) is 1. The zero-order valence-corrected chi connectivity index (χ0v) is 17.3. The van der Waals surface area contributed by atoms with E-state index < -0.39 is 11.0 Å². The minimum Gasteiger partial charge on any atom is -0.497 e. The van der Waals surface area contributed by atoms with E-state index in [2.05, 4.69) is 29.3 Å². The van der Waals surface area contributed by atoms with E-state index in [0.29, 0.717) is 5.75 Å². The molecule has 0 saturated carbocycles. The van der Waals surface area contributed by atoms with Crippen LogP contribution in [-0.4, -0.2) is 31.3 Å². The van der Waals surface area contributed by atoms with Gasteiger partial charge in [-0.3, -0.25) is 10.1 Å². The highest BCUT2D eigenvalue weighted by Crippen LogP contribution is 2.44. The third-order valence-corrected chi connectivity index (χ3v) is 5.29. The van der Waals surface area contributed by atoms with E-state index in [1.807, 2.05) is 36.4 Å². The summed E-state index contributed by atoms with van der Waals surface area (Å²) in [7, 11) is 1.47. The van der Waals surface area contributed by atoms with Crippen molar-refractivity contribution in [2.24, 2.45) is 0 Å². The number of rotatable bonds is 5. The predicted molar refractivity (Wildman–Crippen MR) is 120 cm³/mol. The molecule has 1 aliphatic rings. The van der Waals surface area contributed by atoms with Crippen LogP contribution in [0.1, 0.15) is 22.6 Å². The number of carbonyl (C=O) groups excluding carboxylic acids is 1. The number of nitrogens with zero attached hydrogens (tertiary/aromatic N) is 1. The van der Waals surface area contributed by atoms with Gasteiger partial charge in [-0.2, -0.15) is 0 Å². The number of amides is 1. The first kappa shape index (κ1) is 20.9. The number of hydrogen-bond acceptors (Lipinski definition) is 5. The Morgan fingerprint density at radius 1 is 1.06 bits per heavy atom. The molecule has 0 bridgehead atoms. The minimum absolute atomic E-state index is 0.00889. The second kappa shape index (κ2) is 9.23. The van der Waals surface area contributed by atoms with Gasteiger partial charge in [0.1, 0.15) is 17.9 Å². The molecule has 0 aliphatic heterocycles. The molecule has 1 N–H and O–H groups in total. The fourth-order valence-corrected chi connectivity index (χ4v) is 3.81. The minimum atomic E-state index is -0.596. The van der Waals surface area contributed by atoms with Crippen molar-refractivity contribution in [3.63, 3.8) is 0 Å². The Balaban J connectivity index is 1.37. The predicted octanol–water partition coefficient (Wildman–Crippen LogP) is 4.49. The molecular weight excluding hydrogens is 408 g/mol. The summed E-state index contributed by atoms with van der Waals surface area (Å²) in [5.74, 6) is 5.86. The van der Waals surface area contributed by atoms with E-state index in [1.54, 1.807) is 0 Å². The Morgan fingerprint density at radius 2 is 1.72 bits per heavy atom. The molecule has 1 amide bonds. The number of hydrogen-bond donors (Lipinski definition) is 1. The lowest BCUT2D eigenvalue weighted by Crippen LogP contribution is -2.26. The SMILES string of the molecule is COc1ccc([N+](=O)[O-])c(C#CCNC(=O)OCC2c3ccccc3-c3ccccc32)c1. The fourth-order valence-electron chi connectivity index (χ4n) is 3.81. The number of alkyl carbamates (subject to hydrolysis) is 1. The van der Waals surface area contributed by atoms with E-state index >= 15 is 0 Å². The largest absolute Gasteiger partial charge is 0.497 e. The molecule has 4 rings (SSSR count). The molecule has 0 aromatic heterocycles. The number of benzene rings is 3. The van der Waals surface area contributed by atoms with E-state index in [9.17, 15) is 14.9 Å². The van der Waals surface area contributed by atoms with Crippen LogP contribution in [0, 0.1) is 22.0 Å². The van der Waals surface area contributed by atoms with Crippen molar-refractivity contribution in [3.05, 3.63) is 93.5 Å². The van der Waals surface area contributed by atoms with Gasteiger partial charge in [0.25, 0.3) is 5.69 Å². The summed E-state index contributed by atoms with van der Waals surface area (Å²) in [5, 5.41) is 13.7. The standard InChI is InChI=1S/C25H20N2O5/c1-31-18-12-13-24(27(29)30)17(15-18)7-6-14-26-25(28)32-16-23-21-10-4-2-8-19(21)20-9-3-5-11-22(20)23/h2-5,8-13,15,23H,14,16H2,1H3,(H,26,28). The summed E-state index contributed by atoms with van der Waals surface area (Å²) in [6.45, 7) is 0.194. The van der Waals surface area contributed by atoms with Crippen LogP contribution < -0.4 is 10.1 Å². The van der Waals surface area contributed by atoms with Gasteiger partial charge in [0, 0.05) is 18.1 Å². The fraction of sp³-hybridized carbons (Fsp3) is 0.160. The highest BCUT2D eigenvalue weighted by molar-refractivity contribution is 5.79. The third-order valence-electron chi connectivity index (χ3n) is 5.29. The molecule has 32 heavy (non-hydrogen) atoms. The molecule has 160 valence electrons. The van der Waals surface area contributed by atoms with Gasteiger partial charge in [-0.15, -0.1) is 0 Å². The summed E-state index contributed by atoms with van der Waals surface area (Å²) >= 11 is 0. The van der Waals surface area contributed by atoms with Crippen molar-refractivity contribution in [2.45, 2.75) is 5.92 Å². The van der Waals surface area contributed by atoms with Crippen LogP contribution in [0.15, 0.2) is 66.7 Å². The zero-order valence-electron chi connectivity index (χ0n) is 17.3. The first-order valence-electron chi connectivity index (χ1n) is 9.98. The average molecular weight is 428 g/mol. The van der Waals surface area contributed by atoms with Crippen LogP contribution in [0.25, 0.3) is 11.1 Å². The molecule has 0 fully saturated rings. The van der Waals surface area contributed by atoms with Gasteiger partial charge in [0.15, 0.2) is 0 Å². The van der Waals surface area contributed by atoms with Crippen LogP contribution in [-0.2, 0) is 4.74 Å². The maximum absolute atomic E-state index is 12.2. The quantitative estimate of drug-likeness (QED) is 0.367. The molecule has 0 atom stereocenters. The second-order valence-electron chi connectivity index (χ2n) is 7.12. The molecule has 0 radical (unpaired) electrons. The van der Waals surface area contributed by atoms with Crippen LogP contribution in [0.5, 0.6) is 5.75 Å². The van der Waals surface area contributed by atoms with E-state index in [1.165, 1.54) is 25.3 Å². The monoisotopic (exact) mass is 428 g/mol. The number of nitro benzene ring substituents is 1. The van der Waals surface area contributed by atoms with Crippen molar-refractivity contribution in [2.75, 3.05) is 20.3 Å². The van der Waals surface area contributed by atoms with Crippen molar-refractivity contribution in [1.29, 1.82) is 0 Å². The molecule has 0 unspecified atom stereocenters. The maximum atomic E-state index is 12.2. The Morgan fingerprint density at radius 3 is 2.34 bits per heavy atom. The van der Waals surface area contributed by atoms with Crippen molar-refractivity contribution in [1.82, 2.24) is 5.32 Å². The van der Waals surface area contributed by atoms with Gasteiger partial charge in [0.05, 0.1) is 18.6 Å². The van der Waals surface area contributed by atoms with E-state index in [4.69, 9.17) is 9.47 Å². The summed E-state index contributed by atoms with van der Waals surface area (Å²) < 4.78 is 10.5. The van der Waals surface area contributed by atoms with Gasteiger partial charge < -0.3 is 14.8 Å². The normalized spacial score (nSPS) is 11.5. The van der Waals surface area contributed by atoms with Crippen molar-refractivity contribution in [3.8, 4) is 28.7 Å². The van der Waals surface area contributed by atoms with Crippen LogP contribution in [0.2, 0.25) is 0 Å². The first-order valence-corrected chi connectivity index (χ1v) is 9.98. The van der Waals surface area contributed by atoms with Crippen molar-refractivity contribution < 1.29 is 19.2 Å². The zero-order chi connectivity index (χ0) is 22.5. The molecule has 3 aromatic rings. The number of fused-ring (bicyclic) bond motifs is 3. The number of nitro groups is 1. The molecule has 0 heterocycles. The van der Waals surface area contributed by atoms with Gasteiger partial charge >= 0.3 is 6.09 Å². The lowest BCUT2D eigenvalue weighted by molar-refractivity contribution is -0.385. The highest BCUT2D eigenvalue weighted by Gasteiger charge is 2.28. The molecule has 7 heteroatoms. The number of ether oxygens (including phenoxy) is 2. The Kier molecular flexibility index (Phi) is 6.04. The lowest BCUT2D eigenvalue weighted by Gasteiger charge is -2.14. The van der Waals surface area contributed by atoms with E-state index in [0.717, 1.165) is 22.3 Å². The van der Waals surface area contributed by atoms with Gasteiger partial charge in [-0.05, 0) is 28.3 Å². The Hall–Kier alpha value is -4.31.